The molecule has 1 aromatic carbocycles. The Kier molecular flexibility index (Phi) is 8.25. The lowest BCUT2D eigenvalue weighted by Gasteiger charge is -2.47. The van der Waals surface area contributed by atoms with E-state index in [1.54, 1.807) is 13.1 Å². The van der Waals surface area contributed by atoms with E-state index in [0.29, 0.717) is 48.9 Å². The summed E-state index contributed by atoms with van der Waals surface area (Å²) >= 11 is 0. The summed E-state index contributed by atoms with van der Waals surface area (Å²) in [4.78, 5) is 1.87. The summed E-state index contributed by atoms with van der Waals surface area (Å²) in [6.45, 7) is 3.92. The number of hydrazine groups is 1. The van der Waals surface area contributed by atoms with E-state index in [2.05, 4.69) is 16.0 Å². The quantitative estimate of drug-likeness (QED) is 0.182. The number of rotatable bonds is 7. The molecule has 1 saturated heterocycles. The van der Waals surface area contributed by atoms with E-state index in [0.717, 1.165) is 55.6 Å². The van der Waals surface area contributed by atoms with Gasteiger partial charge in [-0.15, -0.1) is 0 Å². The maximum atomic E-state index is 14.4. The van der Waals surface area contributed by atoms with Crippen molar-refractivity contribution in [2.24, 2.45) is 0 Å². The molecule has 4 N–H and O–H groups in total. The van der Waals surface area contributed by atoms with Crippen LogP contribution >= 0.6 is 0 Å². The van der Waals surface area contributed by atoms with Gasteiger partial charge in [-0.1, -0.05) is 0 Å². The second kappa shape index (κ2) is 11.5. The first-order chi connectivity index (χ1) is 18.7. The van der Waals surface area contributed by atoms with Crippen LogP contribution in [0.1, 0.15) is 48.8 Å². The molecule has 4 aliphatic heterocycles. The number of anilines is 1. The zero-order chi connectivity index (χ0) is 27.7. The molecule has 0 radical (unpaired) electrons. The lowest BCUT2D eigenvalue weighted by Crippen LogP contribution is -2.55. The summed E-state index contributed by atoms with van der Waals surface area (Å²) in [5.74, 6) is 0.258. The largest absolute Gasteiger partial charge is 0.632 e. The van der Waals surface area contributed by atoms with E-state index < -0.39 is 11.1 Å². The minimum Gasteiger partial charge on any atom is -0.632 e. The van der Waals surface area contributed by atoms with Crippen molar-refractivity contribution in [2.75, 3.05) is 72.0 Å². The Morgan fingerprint density at radius 1 is 1.23 bits per heavy atom. The zero-order valence-corrected chi connectivity index (χ0v) is 23.3. The van der Waals surface area contributed by atoms with Crippen molar-refractivity contribution < 1.29 is 13.4 Å². The molecule has 9 nitrogen and oxygen atoms in total. The predicted octanol–water partition coefficient (Wildman–Crippen LogP) is 2.98. The molecule has 1 fully saturated rings. The summed E-state index contributed by atoms with van der Waals surface area (Å²) in [6, 6.07) is 3.81. The van der Waals surface area contributed by atoms with Crippen LogP contribution in [0.3, 0.4) is 0 Å². The Morgan fingerprint density at radius 3 is 2.67 bits per heavy atom. The van der Waals surface area contributed by atoms with Gasteiger partial charge in [-0.2, -0.15) is 0 Å². The SMILES string of the molecule is CNC[N+]1([O-])CCC(NC2CCNCC2)=C(C(=N)N2CCCc3cc(C4=CN(C)N(C)C4)c(C(F)F)cc32)C1. The van der Waals surface area contributed by atoms with Gasteiger partial charge in [-0.3, -0.25) is 10.7 Å². The van der Waals surface area contributed by atoms with Crippen LogP contribution in [0.2, 0.25) is 0 Å². The third kappa shape index (κ3) is 5.83. The number of hydrogen-bond donors (Lipinski definition) is 4. The number of amidine groups is 1. The second-order valence-electron chi connectivity index (χ2n) is 11.3. The molecular weight excluding hydrogens is 502 g/mol. The molecule has 0 spiro atoms. The van der Waals surface area contributed by atoms with Gasteiger partial charge in [0.25, 0.3) is 6.43 Å². The van der Waals surface area contributed by atoms with E-state index in [4.69, 9.17) is 0 Å². The molecule has 4 aliphatic rings. The molecule has 0 saturated carbocycles. The van der Waals surface area contributed by atoms with Crippen molar-refractivity contribution in [3.05, 3.63) is 51.5 Å². The highest BCUT2D eigenvalue weighted by Crippen LogP contribution is 2.39. The van der Waals surface area contributed by atoms with Gasteiger partial charge >= 0.3 is 0 Å². The number of nitrogens with zero attached hydrogens (tertiary/aromatic N) is 4. The molecule has 214 valence electrons. The number of hydroxylamine groups is 3. The average Bonchev–Trinajstić information content (AvgIpc) is 3.26. The molecule has 1 unspecified atom stereocenters. The summed E-state index contributed by atoms with van der Waals surface area (Å²) in [6.07, 6.45) is 3.43. The van der Waals surface area contributed by atoms with Gasteiger partial charge in [-0.05, 0) is 74.7 Å². The van der Waals surface area contributed by atoms with Gasteiger partial charge < -0.3 is 30.4 Å². The van der Waals surface area contributed by atoms with Gasteiger partial charge in [0.05, 0.1) is 12.1 Å². The van der Waals surface area contributed by atoms with E-state index in [1.165, 1.54) is 0 Å². The topological polar surface area (TPSA) is 92.7 Å². The smallest absolute Gasteiger partial charge is 0.264 e. The Labute approximate surface area is 230 Å². The number of aryl methyl sites for hydroxylation is 1. The monoisotopic (exact) mass is 544 g/mol. The van der Waals surface area contributed by atoms with Crippen LogP contribution in [-0.2, 0) is 6.42 Å². The molecule has 11 heteroatoms. The lowest BCUT2D eigenvalue weighted by atomic mass is 9.91. The van der Waals surface area contributed by atoms with Crippen molar-refractivity contribution in [3.63, 3.8) is 0 Å². The first-order valence-electron chi connectivity index (χ1n) is 14.1. The molecule has 5 rings (SSSR count). The minimum absolute atomic E-state index is 0.00165. The van der Waals surface area contributed by atoms with Crippen LogP contribution in [0.25, 0.3) is 5.57 Å². The van der Waals surface area contributed by atoms with Gasteiger partial charge in [0.1, 0.15) is 19.0 Å². The zero-order valence-electron chi connectivity index (χ0n) is 23.3. The van der Waals surface area contributed by atoms with Gasteiger partial charge in [0.2, 0.25) is 0 Å². The Morgan fingerprint density at radius 2 is 2.00 bits per heavy atom. The number of likely N-dealkylation sites (N-methyl/N-ethyl adjacent to an activating group) is 1. The van der Waals surface area contributed by atoms with E-state index >= 15 is 0 Å². The maximum absolute atomic E-state index is 14.4. The van der Waals surface area contributed by atoms with Gasteiger partial charge in [0, 0.05) is 62.8 Å². The number of fused-ring (bicyclic) bond motifs is 1. The van der Waals surface area contributed by atoms with Crippen LogP contribution in [0.5, 0.6) is 0 Å². The number of benzene rings is 1. The maximum Gasteiger partial charge on any atom is 0.264 e. The minimum atomic E-state index is -2.63. The summed E-state index contributed by atoms with van der Waals surface area (Å²) in [5, 5.41) is 36.9. The normalized spacial score (nSPS) is 24.8. The van der Waals surface area contributed by atoms with E-state index in [1.807, 2.05) is 41.3 Å². The van der Waals surface area contributed by atoms with E-state index in [9.17, 15) is 19.4 Å². The molecule has 0 aliphatic carbocycles. The summed E-state index contributed by atoms with van der Waals surface area (Å²) < 4.78 is 28.4. The number of halogens is 2. The number of hydrogen-bond acceptors (Lipinski definition) is 7. The molecule has 0 bridgehead atoms. The molecule has 0 aromatic heterocycles. The van der Waals surface area contributed by atoms with Crippen molar-refractivity contribution in [1.29, 1.82) is 5.41 Å². The average molecular weight is 545 g/mol. The highest BCUT2D eigenvalue weighted by molar-refractivity contribution is 6.09. The fourth-order valence-electron chi connectivity index (χ4n) is 6.32. The molecule has 0 amide bonds. The van der Waals surface area contributed by atoms with Gasteiger partial charge in [0.15, 0.2) is 0 Å². The molecule has 1 atom stereocenters. The third-order valence-corrected chi connectivity index (χ3v) is 8.53. The number of alkyl halides is 2. The first kappa shape index (κ1) is 28.0. The van der Waals surface area contributed by atoms with Gasteiger partial charge in [-0.25, -0.2) is 13.8 Å². The van der Waals surface area contributed by atoms with Crippen molar-refractivity contribution >= 4 is 17.1 Å². The Bertz CT molecular complexity index is 1150. The molecule has 4 heterocycles. The predicted molar refractivity (Wildman–Crippen MR) is 151 cm³/mol. The lowest BCUT2D eigenvalue weighted by molar-refractivity contribution is -0.879. The highest BCUT2D eigenvalue weighted by Gasteiger charge is 2.35. The van der Waals surface area contributed by atoms with Crippen LogP contribution in [0.4, 0.5) is 14.5 Å². The Balaban J connectivity index is 1.51. The molecular formula is C28H42F2N8O. The summed E-state index contributed by atoms with van der Waals surface area (Å²) in [7, 11) is 5.62. The standard InChI is InChI=1S/C28H42F2N8O/c1-32-18-38(39)12-8-25(34-21-6-9-33-10-7-21)24(17-38)28(31)37-11-4-5-19-13-22(20-15-35(2)36(3)16-20)23(27(29)30)14-26(19)37/h13-15,21,27,31-34H,4-12,16-18H2,1-3H3. The first-order valence-corrected chi connectivity index (χ1v) is 14.1. The van der Waals surface area contributed by atoms with Crippen LogP contribution in [0, 0.1) is 10.6 Å². The molecule has 1 aromatic rings. The van der Waals surface area contributed by atoms with Crippen LogP contribution < -0.4 is 20.9 Å². The van der Waals surface area contributed by atoms with Crippen LogP contribution in [0.15, 0.2) is 29.6 Å². The molecule has 39 heavy (non-hydrogen) atoms. The van der Waals surface area contributed by atoms with E-state index in [-0.39, 0.29) is 24.6 Å². The van der Waals surface area contributed by atoms with Crippen molar-refractivity contribution in [3.8, 4) is 0 Å². The Hall–Kier alpha value is -2.57. The third-order valence-electron chi connectivity index (χ3n) is 8.53. The number of nitrogens with one attached hydrogen (secondary N) is 4. The van der Waals surface area contributed by atoms with Crippen LogP contribution in [-0.4, -0.2) is 93.6 Å². The summed E-state index contributed by atoms with van der Waals surface area (Å²) in [5.41, 5.74) is 4.78. The number of piperidine rings is 1. The van der Waals surface area contributed by atoms with Crippen molar-refractivity contribution in [2.45, 2.75) is 44.6 Å². The van der Waals surface area contributed by atoms with Crippen molar-refractivity contribution in [1.82, 2.24) is 26.0 Å². The number of quaternary nitrogens is 1. The highest BCUT2D eigenvalue weighted by atomic mass is 19.3. The fraction of sp³-hybridized carbons (Fsp3) is 0.607. The second-order valence-corrected chi connectivity index (χ2v) is 11.3. The fourth-order valence-corrected chi connectivity index (χ4v) is 6.32.